The molecule has 1 fully saturated rings. The van der Waals surface area contributed by atoms with Crippen LogP contribution in [0.15, 0.2) is 59.7 Å². The fraction of sp³-hybridized carbons (Fsp3) is 0.286. The number of nitrogens with zero attached hydrogens (tertiary/aromatic N) is 4. The molecule has 28 heavy (non-hydrogen) atoms. The van der Waals surface area contributed by atoms with Gasteiger partial charge in [-0.3, -0.25) is 14.3 Å². The molecule has 7 nitrogen and oxygen atoms in total. The van der Waals surface area contributed by atoms with E-state index in [4.69, 9.17) is 14.5 Å². The van der Waals surface area contributed by atoms with Crippen molar-refractivity contribution >= 4 is 5.95 Å². The van der Waals surface area contributed by atoms with Gasteiger partial charge in [-0.25, -0.2) is 4.98 Å². The average molecular weight is 378 g/mol. The number of morpholine rings is 1. The number of pyridine rings is 1. The predicted octanol–water partition coefficient (Wildman–Crippen LogP) is 2.43. The van der Waals surface area contributed by atoms with Gasteiger partial charge in [0.2, 0.25) is 5.95 Å². The van der Waals surface area contributed by atoms with Crippen LogP contribution in [-0.2, 0) is 11.8 Å². The first-order chi connectivity index (χ1) is 13.7. The summed E-state index contributed by atoms with van der Waals surface area (Å²) in [5.74, 6) is 1.42. The Balaban J connectivity index is 1.69. The molecule has 1 aliphatic heterocycles. The Kier molecular flexibility index (Phi) is 5.08. The summed E-state index contributed by atoms with van der Waals surface area (Å²) in [4.78, 5) is 23.5. The summed E-state index contributed by atoms with van der Waals surface area (Å²) in [5, 5.41) is 0. The molecule has 1 aliphatic rings. The van der Waals surface area contributed by atoms with Gasteiger partial charge in [-0.1, -0.05) is 18.2 Å². The first kappa shape index (κ1) is 18.2. The molecule has 0 aliphatic carbocycles. The minimum Gasteiger partial charge on any atom is -0.496 e. The van der Waals surface area contributed by atoms with Crippen LogP contribution in [0.2, 0.25) is 0 Å². The molecule has 0 bridgehead atoms. The van der Waals surface area contributed by atoms with E-state index in [9.17, 15) is 4.79 Å². The van der Waals surface area contributed by atoms with Crippen molar-refractivity contribution in [3.8, 4) is 17.0 Å². The highest BCUT2D eigenvalue weighted by atomic mass is 16.5. The van der Waals surface area contributed by atoms with E-state index in [1.807, 2.05) is 36.4 Å². The van der Waals surface area contributed by atoms with Crippen molar-refractivity contribution in [2.24, 2.45) is 7.05 Å². The van der Waals surface area contributed by atoms with Crippen LogP contribution in [0.4, 0.5) is 5.95 Å². The molecule has 0 amide bonds. The summed E-state index contributed by atoms with van der Waals surface area (Å²) in [7, 11) is 3.40. The molecule has 3 heterocycles. The standard InChI is InChI=1S/C21H22N4O3/c1-24-20(26)13-17(15-7-9-22-10-8-15)23-21(24)25-11-12-28-19(14-25)16-5-3-4-6-18(16)27-2/h3-10,13,19H,11-12,14H2,1-2H3. The summed E-state index contributed by atoms with van der Waals surface area (Å²) in [6.07, 6.45) is 3.23. The largest absolute Gasteiger partial charge is 0.496 e. The van der Waals surface area contributed by atoms with Gasteiger partial charge in [0.15, 0.2) is 0 Å². The predicted molar refractivity (Wildman–Crippen MR) is 107 cm³/mol. The van der Waals surface area contributed by atoms with Crippen molar-refractivity contribution in [2.75, 3.05) is 31.7 Å². The molecule has 1 saturated heterocycles. The maximum atomic E-state index is 12.6. The lowest BCUT2D eigenvalue weighted by molar-refractivity contribution is 0.0374. The molecule has 3 aromatic rings. The van der Waals surface area contributed by atoms with Crippen LogP contribution >= 0.6 is 0 Å². The third-order valence-electron chi connectivity index (χ3n) is 4.92. The lowest BCUT2D eigenvalue weighted by Crippen LogP contribution is -2.41. The number of benzene rings is 1. The molecule has 144 valence electrons. The summed E-state index contributed by atoms with van der Waals surface area (Å²) in [6.45, 7) is 1.78. The van der Waals surface area contributed by atoms with Gasteiger partial charge in [0.05, 0.1) is 26.0 Å². The molecular weight excluding hydrogens is 356 g/mol. The number of hydrogen-bond donors (Lipinski definition) is 0. The smallest absolute Gasteiger partial charge is 0.255 e. The Labute approximate surface area is 163 Å². The molecular formula is C21H22N4O3. The van der Waals surface area contributed by atoms with Crippen molar-refractivity contribution in [1.82, 2.24) is 14.5 Å². The molecule has 1 atom stereocenters. The minimum absolute atomic E-state index is 0.0999. The highest BCUT2D eigenvalue weighted by molar-refractivity contribution is 5.59. The number of aromatic nitrogens is 3. The lowest BCUT2D eigenvalue weighted by Gasteiger charge is -2.35. The summed E-state index contributed by atoms with van der Waals surface area (Å²) >= 11 is 0. The average Bonchev–Trinajstić information content (AvgIpc) is 2.76. The second-order valence-electron chi connectivity index (χ2n) is 6.62. The second kappa shape index (κ2) is 7.82. The summed E-state index contributed by atoms with van der Waals surface area (Å²) < 4.78 is 13.1. The summed E-state index contributed by atoms with van der Waals surface area (Å²) in [5.41, 5.74) is 2.39. The van der Waals surface area contributed by atoms with E-state index in [1.165, 1.54) is 0 Å². The maximum Gasteiger partial charge on any atom is 0.255 e. The van der Waals surface area contributed by atoms with E-state index in [0.29, 0.717) is 31.3 Å². The molecule has 1 aromatic carbocycles. The van der Waals surface area contributed by atoms with E-state index >= 15 is 0 Å². The number of ether oxygens (including phenoxy) is 2. The molecule has 7 heteroatoms. The SMILES string of the molecule is COc1ccccc1C1CN(c2nc(-c3ccncc3)cc(=O)n2C)CCO1. The van der Waals surface area contributed by atoms with Gasteiger partial charge in [0.25, 0.3) is 5.56 Å². The van der Waals surface area contributed by atoms with E-state index in [0.717, 1.165) is 16.9 Å². The van der Waals surface area contributed by atoms with Crippen molar-refractivity contribution in [1.29, 1.82) is 0 Å². The van der Waals surface area contributed by atoms with Crippen molar-refractivity contribution in [3.63, 3.8) is 0 Å². The first-order valence-electron chi connectivity index (χ1n) is 9.15. The van der Waals surface area contributed by atoms with E-state index in [-0.39, 0.29) is 11.7 Å². The van der Waals surface area contributed by atoms with Crippen LogP contribution in [0, 0.1) is 0 Å². The van der Waals surface area contributed by atoms with Gasteiger partial charge < -0.3 is 14.4 Å². The zero-order valence-corrected chi connectivity index (χ0v) is 15.9. The van der Waals surface area contributed by atoms with Crippen molar-refractivity contribution in [3.05, 3.63) is 70.8 Å². The van der Waals surface area contributed by atoms with Gasteiger partial charge >= 0.3 is 0 Å². The lowest BCUT2D eigenvalue weighted by atomic mass is 10.1. The Hall–Kier alpha value is -3.19. The van der Waals surface area contributed by atoms with E-state index in [1.54, 1.807) is 37.2 Å². The highest BCUT2D eigenvalue weighted by Gasteiger charge is 2.27. The van der Waals surface area contributed by atoms with Crippen molar-refractivity contribution in [2.45, 2.75) is 6.10 Å². The third kappa shape index (κ3) is 3.48. The monoisotopic (exact) mass is 378 g/mol. The molecule has 0 radical (unpaired) electrons. The Morgan fingerprint density at radius 2 is 1.96 bits per heavy atom. The van der Waals surface area contributed by atoms with Crippen LogP contribution in [0.1, 0.15) is 11.7 Å². The molecule has 1 unspecified atom stereocenters. The van der Waals surface area contributed by atoms with E-state index < -0.39 is 0 Å². The van der Waals surface area contributed by atoms with Gasteiger partial charge in [-0.15, -0.1) is 0 Å². The van der Waals surface area contributed by atoms with Crippen LogP contribution in [0.3, 0.4) is 0 Å². The number of hydrogen-bond acceptors (Lipinski definition) is 6. The first-order valence-corrected chi connectivity index (χ1v) is 9.15. The number of rotatable bonds is 4. The second-order valence-corrected chi connectivity index (χ2v) is 6.62. The van der Waals surface area contributed by atoms with Gasteiger partial charge in [0, 0.05) is 43.2 Å². The van der Waals surface area contributed by atoms with Crippen LogP contribution in [-0.4, -0.2) is 41.3 Å². The van der Waals surface area contributed by atoms with Crippen LogP contribution in [0.25, 0.3) is 11.3 Å². The molecule has 4 rings (SSSR count). The molecule has 0 spiro atoms. The van der Waals surface area contributed by atoms with Crippen LogP contribution in [0.5, 0.6) is 5.75 Å². The Bertz CT molecular complexity index is 1020. The zero-order chi connectivity index (χ0) is 19.5. The quantitative estimate of drug-likeness (QED) is 0.695. The highest BCUT2D eigenvalue weighted by Crippen LogP contribution is 2.31. The number of para-hydroxylation sites is 1. The maximum absolute atomic E-state index is 12.6. The normalized spacial score (nSPS) is 16.8. The number of anilines is 1. The molecule has 0 N–H and O–H groups in total. The topological polar surface area (TPSA) is 69.5 Å². The third-order valence-corrected chi connectivity index (χ3v) is 4.92. The van der Waals surface area contributed by atoms with Gasteiger partial charge in [-0.2, -0.15) is 0 Å². The number of methoxy groups -OCH3 is 1. The fourth-order valence-corrected chi connectivity index (χ4v) is 3.43. The van der Waals surface area contributed by atoms with Gasteiger partial charge in [-0.05, 0) is 18.2 Å². The van der Waals surface area contributed by atoms with Gasteiger partial charge in [0.1, 0.15) is 11.9 Å². The van der Waals surface area contributed by atoms with Crippen LogP contribution < -0.4 is 15.2 Å². The Morgan fingerprint density at radius 3 is 2.75 bits per heavy atom. The van der Waals surface area contributed by atoms with E-state index in [2.05, 4.69) is 9.88 Å². The zero-order valence-electron chi connectivity index (χ0n) is 15.9. The molecule has 0 saturated carbocycles. The Morgan fingerprint density at radius 1 is 1.18 bits per heavy atom. The van der Waals surface area contributed by atoms with Crippen molar-refractivity contribution < 1.29 is 9.47 Å². The molecule has 2 aromatic heterocycles. The summed E-state index contributed by atoms with van der Waals surface area (Å²) in [6, 6.07) is 13.1. The minimum atomic E-state index is -0.161. The fourth-order valence-electron chi connectivity index (χ4n) is 3.43.